The first kappa shape index (κ1) is 23.9. The summed E-state index contributed by atoms with van der Waals surface area (Å²) in [6.45, 7) is 6.86. The normalized spacial score (nSPS) is 18.4. The minimum Gasteiger partial charge on any atom is -0.488 e. The molecule has 2 aromatic heterocycles. The molecular formula is C25H34N6O3. The van der Waals surface area contributed by atoms with Crippen LogP contribution in [0.5, 0.6) is 5.75 Å². The number of likely N-dealkylation sites (tertiary alicyclic amines) is 1. The van der Waals surface area contributed by atoms with Crippen LogP contribution in [0.1, 0.15) is 54.7 Å². The maximum absolute atomic E-state index is 13.1. The Morgan fingerprint density at radius 2 is 2.15 bits per heavy atom. The van der Waals surface area contributed by atoms with Crippen molar-refractivity contribution in [1.29, 1.82) is 0 Å². The van der Waals surface area contributed by atoms with Gasteiger partial charge in [-0.1, -0.05) is 13.3 Å². The average Bonchev–Trinajstić information content (AvgIpc) is 2.87. The van der Waals surface area contributed by atoms with E-state index < -0.39 is 0 Å². The van der Waals surface area contributed by atoms with Gasteiger partial charge in [-0.3, -0.25) is 19.1 Å². The molecule has 4 rings (SSSR count). The van der Waals surface area contributed by atoms with Gasteiger partial charge in [0.2, 0.25) is 5.91 Å². The highest BCUT2D eigenvalue weighted by Crippen LogP contribution is 2.35. The lowest BCUT2D eigenvalue weighted by Crippen LogP contribution is -2.47. The van der Waals surface area contributed by atoms with Crippen molar-refractivity contribution in [2.24, 2.45) is 4.99 Å². The number of piperidine rings is 1. The van der Waals surface area contributed by atoms with Crippen LogP contribution in [0.15, 0.2) is 35.6 Å². The molecule has 1 atom stereocenters. The third-order valence-electron chi connectivity index (χ3n) is 6.38. The van der Waals surface area contributed by atoms with E-state index in [2.05, 4.69) is 22.2 Å². The summed E-state index contributed by atoms with van der Waals surface area (Å²) in [6, 6.07) is 5.92. The fraction of sp³-hybridized carbons (Fsp3) is 0.520. The monoisotopic (exact) mass is 466 g/mol. The molecule has 9 nitrogen and oxygen atoms in total. The van der Waals surface area contributed by atoms with Crippen molar-refractivity contribution >= 4 is 23.3 Å². The number of amides is 1. The van der Waals surface area contributed by atoms with Crippen molar-refractivity contribution in [2.75, 3.05) is 44.7 Å². The second kappa shape index (κ2) is 10.8. The first-order chi connectivity index (χ1) is 16.5. The summed E-state index contributed by atoms with van der Waals surface area (Å²) in [4.78, 5) is 38.4. The number of aromatic nitrogens is 2. The van der Waals surface area contributed by atoms with E-state index in [0.29, 0.717) is 54.9 Å². The first-order valence-electron chi connectivity index (χ1n) is 12.1. The second-order valence-corrected chi connectivity index (χ2v) is 8.79. The van der Waals surface area contributed by atoms with E-state index >= 15 is 0 Å². The Morgan fingerprint density at radius 1 is 1.29 bits per heavy atom. The molecule has 0 spiro atoms. The van der Waals surface area contributed by atoms with Crippen LogP contribution in [0.4, 0.5) is 11.5 Å². The molecule has 2 aromatic rings. The molecule has 4 heterocycles. The Bertz CT molecular complexity index is 1110. The molecule has 0 aliphatic carbocycles. The number of anilines is 2. The van der Waals surface area contributed by atoms with E-state index in [1.165, 1.54) is 6.92 Å². The molecule has 0 bridgehead atoms. The van der Waals surface area contributed by atoms with Crippen molar-refractivity contribution in [3.63, 3.8) is 0 Å². The Labute approximate surface area is 200 Å². The molecule has 0 aromatic carbocycles. The van der Waals surface area contributed by atoms with Gasteiger partial charge in [0.1, 0.15) is 12.1 Å². The summed E-state index contributed by atoms with van der Waals surface area (Å²) in [5.74, 6) is 1.15. The maximum Gasteiger partial charge on any atom is 0.255 e. The lowest BCUT2D eigenvalue weighted by Gasteiger charge is -2.33. The zero-order chi connectivity index (χ0) is 24.1. The smallest absolute Gasteiger partial charge is 0.255 e. The van der Waals surface area contributed by atoms with Gasteiger partial charge in [0, 0.05) is 56.7 Å². The fourth-order valence-corrected chi connectivity index (χ4v) is 4.43. The van der Waals surface area contributed by atoms with E-state index in [0.717, 1.165) is 37.9 Å². The minimum absolute atomic E-state index is 0.0183. The number of nitrogens with zero attached hydrogens (tertiary/aromatic N) is 5. The Balaban J connectivity index is 1.61. The van der Waals surface area contributed by atoms with Crippen molar-refractivity contribution in [3.05, 3.63) is 41.6 Å². The van der Waals surface area contributed by atoms with E-state index in [4.69, 9.17) is 4.74 Å². The molecule has 1 saturated heterocycles. The highest BCUT2D eigenvalue weighted by Gasteiger charge is 2.27. The van der Waals surface area contributed by atoms with Crippen molar-refractivity contribution in [3.8, 4) is 5.75 Å². The van der Waals surface area contributed by atoms with Gasteiger partial charge in [-0.15, -0.1) is 0 Å². The number of rotatable bonds is 6. The van der Waals surface area contributed by atoms with Crippen LogP contribution in [0, 0.1) is 0 Å². The summed E-state index contributed by atoms with van der Waals surface area (Å²) < 4.78 is 7.46. The van der Waals surface area contributed by atoms with E-state index in [9.17, 15) is 9.59 Å². The van der Waals surface area contributed by atoms with Crippen molar-refractivity contribution < 1.29 is 14.3 Å². The van der Waals surface area contributed by atoms with Crippen LogP contribution < -0.4 is 20.4 Å². The number of fused-ring (bicyclic) bond motifs is 1. The number of carbonyl (C=O) groups excluding carboxylic acids is 2. The zero-order valence-corrected chi connectivity index (χ0v) is 20.3. The maximum atomic E-state index is 13.1. The molecule has 182 valence electrons. The molecule has 2 aliphatic rings. The molecule has 1 N–H and O–H groups in total. The molecule has 2 aliphatic heterocycles. The Kier molecular flexibility index (Phi) is 7.62. The largest absolute Gasteiger partial charge is 0.488 e. The van der Waals surface area contributed by atoms with E-state index in [-0.39, 0.29) is 11.8 Å². The van der Waals surface area contributed by atoms with Gasteiger partial charge in [-0.25, -0.2) is 4.98 Å². The second-order valence-electron chi connectivity index (χ2n) is 8.79. The summed E-state index contributed by atoms with van der Waals surface area (Å²) in [7, 11) is 1.94. The number of ether oxygens (including phenoxy) is 1. The minimum atomic E-state index is -0.0799. The molecular weight excluding hydrogens is 432 g/mol. The van der Waals surface area contributed by atoms with Gasteiger partial charge in [0.15, 0.2) is 11.6 Å². The fourth-order valence-electron chi connectivity index (χ4n) is 4.43. The standard InChI is InChI=1S/C25H34N6O3/c1-4-5-9-27-23-15-21(8-11-30(23)18(2)32)31-12-13-34-22-14-19(16-28-24(22)31)25(33)29-10-6-7-20(17-29)26-3/h8,11,14-16,20,26H,4-7,9-10,12-13,17H2,1-3H3. The lowest BCUT2D eigenvalue weighted by atomic mass is 10.0. The summed E-state index contributed by atoms with van der Waals surface area (Å²) in [5.41, 5.74) is 2.05. The number of nitrogens with one attached hydrogen (secondary N) is 1. The van der Waals surface area contributed by atoms with Gasteiger partial charge in [-0.05, 0) is 38.4 Å². The molecule has 1 amide bonds. The Hall–Kier alpha value is -3.20. The van der Waals surface area contributed by atoms with Crippen LogP contribution in [0.3, 0.4) is 0 Å². The summed E-state index contributed by atoms with van der Waals surface area (Å²) in [5, 5.41) is 3.27. The van der Waals surface area contributed by atoms with Crippen LogP contribution in [-0.2, 0) is 0 Å². The highest BCUT2D eigenvalue weighted by atomic mass is 16.5. The number of likely N-dealkylation sites (N-methyl/N-ethyl adjacent to an activating group) is 1. The van der Waals surface area contributed by atoms with Gasteiger partial charge in [0.05, 0.1) is 12.1 Å². The summed E-state index contributed by atoms with van der Waals surface area (Å²) >= 11 is 0. The quantitative estimate of drug-likeness (QED) is 0.658. The van der Waals surface area contributed by atoms with Crippen LogP contribution in [0.25, 0.3) is 0 Å². The number of carbonyl (C=O) groups is 2. The van der Waals surface area contributed by atoms with Crippen LogP contribution in [0.2, 0.25) is 0 Å². The predicted molar refractivity (Wildman–Crippen MR) is 131 cm³/mol. The molecule has 0 radical (unpaired) electrons. The molecule has 34 heavy (non-hydrogen) atoms. The van der Waals surface area contributed by atoms with Crippen LogP contribution >= 0.6 is 0 Å². The van der Waals surface area contributed by atoms with Crippen molar-refractivity contribution in [1.82, 2.24) is 19.8 Å². The summed E-state index contributed by atoms with van der Waals surface area (Å²) in [6.07, 6.45) is 7.46. The van der Waals surface area contributed by atoms with Gasteiger partial charge < -0.3 is 19.9 Å². The van der Waals surface area contributed by atoms with Crippen molar-refractivity contribution in [2.45, 2.75) is 45.6 Å². The predicted octanol–water partition coefficient (Wildman–Crippen LogP) is 2.60. The van der Waals surface area contributed by atoms with E-state index in [1.807, 2.05) is 29.0 Å². The lowest BCUT2D eigenvalue weighted by molar-refractivity contribution is 0.0697. The molecule has 1 unspecified atom stereocenters. The first-order valence-corrected chi connectivity index (χ1v) is 12.1. The molecule has 9 heteroatoms. The number of unbranched alkanes of at least 4 members (excludes halogenated alkanes) is 1. The Morgan fingerprint density at radius 3 is 2.91 bits per heavy atom. The van der Waals surface area contributed by atoms with Gasteiger partial charge >= 0.3 is 0 Å². The number of pyridine rings is 2. The zero-order valence-electron chi connectivity index (χ0n) is 20.3. The third-order valence-corrected chi connectivity index (χ3v) is 6.38. The molecule has 0 saturated carbocycles. The van der Waals surface area contributed by atoms with Crippen LogP contribution in [-0.4, -0.2) is 72.1 Å². The SMILES string of the molecule is CCCCN=c1cc(N2CCOc3cc(C(=O)N4CCCC(NC)C4)cnc32)ccn1C(C)=O. The van der Waals surface area contributed by atoms with E-state index in [1.54, 1.807) is 23.0 Å². The van der Waals surface area contributed by atoms with Gasteiger partial charge in [-0.2, -0.15) is 0 Å². The average molecular weight is 467 g/mol. The topological polar surface area (TPSA) is 92.1 Å². The van der Waals surface area contributed by atoms with Gasteiger partial charge in [0.25, 0.3) is 5.91 Å². The number of hydrogen-bond donors (Lipinski definition) is 1. The third kappa shape index (κ3) is 5.14. The number of hydrogen-bond acceptors (Lipinski definition) is 7. The molecule has 1 fully saturated rings. The highest BCUT2D eigenvalue weighted by molar-refractivity contribution is 5.95.